The van der Waals surface area contributed by atoms with Crippen LogP contribution in [-0.2, 0) is 19.1 Å². The summed E-state index contributed by atoms with van der Waals surface area (Å²) in [6.07, 6.45) is 44.2. The van der Waals surface area contributed by atoms with E-state index in [4.69, 9.17) is 15.2 Å². The van der Waals surface area contributed by atoms with Crippen LogP contribution in [0.2, 0.25) is 0 Å². The SMILES string of the molecule is CCCCCCCC/C=C\CCCCCCCCOC(=O)C[C@H](N)C(=O)OCCCCCCCC/C=C\CCCCCCCC.Cl. The van der Waals surface area contributed by atoms with Crippen molar-refractivity contribution in [3.8, 4) is 0 Å². The molecule has 0 unspecified atom stereocenters. The molecule has 0 aliphatic heterocycles. The Morgan fingerprint density at radius 3 is 1.15 bits per heavy atom. The van der Waals surface area contributed by atoms with E-state index < -0.39 is 18.0 Å². The van der Waals surface area contributed by atoms with E-state index in [0.29, 0.717) is 13.2 Å². The van der Waals surface area contributed by atoms with E-state index in [1.165, 1.54) is 148 Å². The highest BCUT2D eigenvalue weighted by Gasteiger charge is 2.19. The molecule has 0 aliphatic carbocycles. The fourth-order valence-electron chi connectivity index (χ4n) is 5.49. The predicted molar refractivity (Wildman–Crippen MR) is 201 cm³/mol. The molecule has 0 bridgehead atoms. The number of hydrogen-bond acceptors (Lipinski definition) is 5. The first-order valence-electron chi connectivity index (χ1n) is 19.5. The Morgan fingerprint density at radius 2 is 0.783 bits per heavy atom. The maximum atomic E-state index is 12.1. The lowest BCUT2D eigenvalue weighted by atomic mass is 10.1. The number of hydrogen-bond donors (Lipinski definition) is 1. The van der Waals surface area contributed by atoms with Gasteiger partial charge in [-0.15, -0.1) is 12.4 Å². The standard InChI is InChI=1S/C40H75NO4.ClH/c1-3-5-7-9-11-13-15-17-19-21-23-25-27-29-31-33-35-44-39(42)37-38(41)40(43)45-36-34-32-30-28-26-24-22-20-18-16-14-12-10-8-6-4-2;/h17-20,38H,3-16,21-37,41H2,1-2H3;1H/b19-17-,20-18-;/t38-;/m0./s1. The molecule has 0 amide bonds. The largest absolute Gasteiger partial charge is 0.466 e. The van der Waals surface area contributed by atoms with Crippen LogP contribution in [0.3, 0.4) is 0 Å². The summed E-state index contributed by atoms with van der Waals surface area (Å²) in [5, 5.41) is 0. The molecule has 2 N–H and O–H groups in total. The summed E-state index contributed by atoms with van der Waals surface area (Å²) in [5.41, 5.74) is 5.87. The Morgan fingerprint density at radius 1 is 0.478 bits per heavy atom. The van der Waals surface area contributed by atoms with Gasteiger partial charge in [0.25, 0.3) is 0 Å². The number of esters is 2. The topological polar surface area (TPSA) is 78.6 Å². The van der Waals surface area contributed by atoms with E-state index in [9.17, 15) is 9.59 Å². The van der Waals surface area contributed by atoms with Crippen molar-refractivity contribution in [3.63, 3.8) is 0 Å². The monoisotopic (exact) mass is 670 g/mol. The average Bonchev–Trinajstić information content (AvgIpc) is 3.03. The summed E-state index contributed by atoms with van der Waals surface area (Å²) in [6, 6.07) is -0.938. The molecule has 272 valence electrons. The minimum atomic E-state index is -0.938. The Labute approximate surface area is 292 Å². The van der Waals surface area contributed by atoms with Crippen LogP contribution in [0.15, 0.2) is 24.3 Å². The third-order valence-corrected chi connectivity index (χ3v) is 8.51. The minimum absolute atomic E-state index is 0. The molecule has 0 heterocycles. The molecule has 0 aliphatic rings. The highest BCUT2D eigenvalue weighted by Crippen LogP contribution is 2.12. The number of rotatable bonds is 35. The van der Waals surface area contributed by atoms with E-state index in [-0.39, 0.29) is 18.8 Å². The first-order chi connectivity index (χ1) is 22.1. The van der Waals surface area contributed by atoms with Gasteiger partial charge < -0.3 is 15.2 Å². The molecule has 5 nitrogen and oxygen atoms in total. The second-order valence-electron chi connectivity index (χ2n) is 13.1. The number of ether oxygens (including phenoxy) is 2. The Balaban J connectivity index is 0. The molecule has 6 heteroatoms. The quantitative estimate of drug-likeness (QED) is 0.0412. The molecule has 0 saturated carbocycles. The first-order valence-corrected chi connectivity index (χ1v) is 19.5. The summed E-state index contributed by atoms with van der Waals surface area (Å²) in [5.74, 6) is -0.915. The highest BCUT2D eigenvalue weighted by atomic mass is 35.5. The molecular formula is C40H76ClNO4. The molecule has 0 rings (SSSR count). The first kappa shape index (κ1) is 46.8. The van der Waals surface area contributed by atoms with Crippen LogP contribution < -0.4 is 5.73 Å². The summed E-state index contributed by atoms with van der Waals surface area (Å²) >= 11 is 0. The van der Waals surface area contributed by atoms with Crippen LogP contribution in [0.4, 0.5) is 0 Å². The molecule has 46 heavy (non-hydrogen) atoms. The number of unbranched alkanes of at least 4 members (excludes halogenated alkanes) is 24. The van der Waals surface area contributed by atoms with Crippen molar-refractivity contribution < 1.29 is 19.1 Å². The van der Waals surface area contributed by atoms with Crippen molar-refractivity contribution in [2.24, 2.45) is 5.73 Å². The van der Waals surface area contributed by atoms with E-state index in [1.807, 2.05) is 0 Å². The Hall–Kier alpha value is -1.33. The average molecular weight is 671 g/mol. The molecule has 0 saturated heterocycles. The van der Waals surface area contributed by atoms with Crippen molar-refractivity contribution in [2.45, 2.75) is 206 Å². The molecule has 0 fully saturated rings. The van der Waals surface area contributed by atoms with E-state index >= 15 is 0 Å². The van der Waals surface area contributed by atoms with E-state index in [1.54, 1.807) is 0 Å². The fourth-order valence-corrected chi connectivity index (χ4v) is 5.49. The van der Waals surface area contributed by atoms with E-state index in [2.05, 4.69) is 38.2 Å². The van der Waals surface area contributed by atoms with Gasteiger partial charge in [-0.2, -0.15) is 0 Å². The van der Waals surface area contributed by atoms with Crippen molar-refractivity contribution >= 4 is 24.3 Å². The lowest BCUT2D eigenvalue weighted by molar-refractivity contribution is -0.152. The Kier molecular flexibility index (Phi) is 40.5. The Bertz CT molecular complexity index is 697. The molecule has 1 atom stereocenters. The van der Waals surface area contributed by atoms with Crippen LogP contribution in [0.1, 0.15) is 200 Å². The maximum absolute atomic E-state index is 12.1. The van der Waals surface area contributed by atoms with Gasteiger partial charge in [-0.3, -0.25) is 9.59 Å². The second-order valence-corrected chi connectivity index (χ2v) is 13.1. The van der Waals surface area contributed by atoms with Gasteiger partial charge in [0.1, 0.15) is 6.04 Å². The smallest absolute Gasteiger partial charge is 0.323 e. The molecule has 0 aromatic rings. The lowest BCUT2D eigenvalue weighted by Crippen LogP contribution is -2.35. The molecule has 0 radical (unpaired) electrons. The van der Waals surface area contributed by atoms with Crippen molar-refractivity contribution in [1.82, 2.24) is 0 Å². The van der Waals surface area contributed by atoms with Crippen molar-refractivity contribution in [2.75, 3.05) is 13.2 Å². The van der Waals surface area contributed by atoms with Crippen molar-refractivity contribution in [3.05, 3.63) is 24.3 Å². The minimum Gasteiger partial charge on any atom is -0.466 e. The van der Waals surface area contributed by atoms with Crippen LogP contribution in [0.5, 0.6) is 0 Å². The molecule has 0 aromatic heterocycles. The zero-order chi connectivity index (χ0) is 32.9. The summed E-state index contributed by atoms with van der Waals surface area (Å²) in [7, 11) is 0. The van der Waals surface area contributed by atoms with Crippen molar-refractivity contribution in [1.29, 1.82) is 0 Å². The predicted octanol–water partition coefficient (Wildman–Crippen LogP) is 12.3. The van der Waals surface area contributed by atoms with Gasteiger partial charge in [0.15, 0.2) is 0 Å². The van der Waals surface area contributed by atoms with Crippen LogP contribution in [0.25, 0.3) is 0 Å². The third kappa shape index (κ3) is 37.1. The van der Waals surface area contributed by atoms with Gasteiger partial charge in [0.05, 0.1) is 19.6 Å². The fraction of sp³-hybridized carbons (Fsp3) is 0.850. The van der Waals surface area contributed by atoms with Crippen LogP contribution in [0, 0.1) is 0 Å². The summed E-state index contributed by atoms with van der Waals surface area (Å²) < 4.78 is 10.6. The third-order valence-electron chi connectivity index (χ3n) is 8.51. The normalized spacial score (nSPS) is 12.1. The van der Waals surface area contributed by atoms with Gasteiger partial charge >= 0.3 is 11.9 Å². The molecule has 0 aromatic carbocycles. The van der Waals surface area contributed by atoms with Gasteiger partial charge in [-0.1, -0.05) is 154 Å². The maximum Gasteiger partial charge on any atom is 0.323 e. The van der Waals surface area contributed by atoms with E-state index in [0.717, 1.165) is 32.1 Å². The summed E-state index contributed by atoms with van der Waals surface area (Å²) in [4.78, 5) is 24.1. The van der Waals surface area contributed by atoms with Gasteiger partial charge in [0.2, 0.25) is 0 Å². The molecular weight excluding hydrogens is 594 g/mol. The number of carbonyl (C=O) groups excluding carboxylic acids is 2. The van der Waals surface area contributed by atoms with Gasteiger partial charge in [-0.25, -0.2) is 0 Å². The number of carbonyl (C=O) groups is 2. The zero-order valence-electron chi connectivity index (χ0n) is 30.4. The van der Waals surface area contributed by atoms with Gasteiger partial charge in [0, 0.05) is 0 Å². The number of nitrogens with two attached hydrogens (primary N) is 1. The second kappa shape index (κ2) is 39.8. The molecule has 0 spiro atoms. The zero-order valence-corrected chi connectivity index (χ0v) is 31.2. The van der Waals surface area contributed by atoms with Crippen LogP contribution in [-0.4, -0.2) is 31.2 Å². The lowest BCUT2D eigenvalue weighted by Gasteiger charge is -2.11. The van der Waals surface area contributed by atoms with Gasteiger partial charge in [-0.05, 0) is 64.2 Å². The van der Waals surface area contributed by atoms with Crippen LogP contribution >= 0.6 is 12.4 Å². The number of allylic oxidation sites excluding steroid dienone is 4. The summed E-state index contributed by atoms with van der Waals surface area (Å²) in [6.45, 7) is 5.30. The number of halogens is 1. The highest BCUT2D eigenvalue weighted by molar-refractivity contribution is 5.85.